The van der Waals surface area contributed by atoms with Crippen LogP contribution in [0, 0.1) is 0 Å². The molecule has 0 radical (unpaired) electrons. The molecule has 1 amide bonds. The average Bonchev–Trinajstić information content (AvgIpc) is 2.98. The van der Waals surface area contributed by atoms with Crippen molar-refractivity contribution in [1.82, 2.24) is 5.32 Å². The second kappa shape index (κ2) is 11.0. The Balaban J connectivity index is 0.000000550. The molecule has 142 valence electrons. The molecule has 2 atom stereocenters. The van der Waals surface area contributed by atoms with E-state index in [1.54, 1.807) is 0 Å². The van der Waals surface area contributed by atoms with Gasteiger partial charge in [0, 0.05) is 6.04 Å². The zero-order chi connectivity index (χ0) is 18.7. The molecule has 2 unspecified atom stereocenters. The van der Waals surface area contributed by atoms with E-state index in [0.29, 0.717) is 6.61 Å². The lowest BCUT2D eigenvalue weighted by atomic mass is 10.2. The number of hydrogen-bond donors (Lipinski definition) is 4. The van der Waals surface area contributed by atoms with Gasteiger partial charge in [-0.1, -0.05) is 30.3 Å². The van der Waals surface area contributed by atoms with Gasteiger partial charge in [0.1, 0.15) is 6.61 Å². The Morgan fingerprint density at radius 3 is 2.48 bits per heavy atom. The van der Waals surface area contributed by atoms with Crippen LogP contribution in [0.5, 0.6) is 0 Å². The summed E-state index contributed by atoms with van der Waals surface area (Å²) in [6.45, 7) is 3.27. The van der Waals surface area contributed by atoms with Gasteiger partial charge in [-0.2, -0.15) is 0 Å². The van der Waals surface area contributed by atoms with Crippen LogP contribution in [0.25, 0.3) is 0 Å². The molecule has 1 saturated carbocycles. The lowest BCUT2D eigenvalue weighted by Gasteiger charge is -2.14. The lowest BCUT2D eigenvalue weighted by molar-refractivity contribution is -0.127. The van der Waals surface area contributed by atoms with Crippen molar-refractivity contribution in [3.05, 3.63) is 35.9 Å². The first-order valence-corrected chi connectivity index (χ1v) is 8.42. The molecule has 1 aliphatic carbocycles. The summed E-state index contributed by atoms with van der Waals surface area (Å²) in [5.41, 5.74) is 0.971. The number of rotatable bonds is 6. The fourth-order valence-electron chi connectivity index (χ4n) is 2.37. The highest BCUT2D eigenvalue weighted by molar-refractivity contribution is 5.67. The van der Waals surface area contributed by atoms with Crippen LogP contribution >= 0.6 is 0 Å². The van der Waals surface area contributed by atoms with Gasteiger partial charge < -0.3 is 30.1 Å². The lowest BCUT2D eigenvalue weighted by Crippen LogP contribution is -2.33. The first-order chi connectivity index (χ1) is 11.8. The van der Waals surface area contributed by atoms with E-state index in [2.05, 4.69) is 5.32 Å². The number of carbonyl (C=O) groups is 1. The van der Waals surface area contributed by atoms with E-state index in [-0.39, 0.29) is 31.5 Å². The predicted molar refractivity (Wildman–Crippen MR) is 92.7 cm³/mol. The van der Waals surface area contributed by atoms with E-state index in [0.717, 1.165) is 24.8 Å². The molecule has 0 aromatic heterocycles. The highest BCUT2D eigenvalue weighted by Crippen LogP contribution is 2.22. The fourth-order valence-corrected chi connectivity index (χ4v) is 2.37. The van der Waals surface area contributed by atoms with Gasteiger partial charge in [0.15, 0.2) is 5.79 Å². The van der Waals surface area contributed by atoms with Crippen molar-refractivity contribution < 1.29 is 29.6 Å². The first kappa shape index (κ1) is 21.4. The zero-order valence-corrected chi connectivity index (χ0v) is 14.9. The molecule has 7 heteroatoms. The monoisotopic (exact) mass is 355 g/mol. The SMILES string of the molecule is CC(C)(O)O.O=C(NC1CCC(OCCO)C1)OCc1ccccc1. The van der Waals surface area contributed by atoms with E-state index in [1.807, 2.05) is 30.3 Å². The van der Waals surface area contributed by atoms with Gasteiger partial charge in [-0.15, -0.1) is 0 Å². The summed E-state index contributed by atoms with van der Waals surface area (Å²) in [4.78, 5) is 11.7. The van der Waals surface area contributed by atoms with E-state index in [9.17, 15) is 4.79 Å². The van der Waals surface area contributed by atoms with Gasteiger partial charge in [0.2, 0.25) is 0 Å². The number of benzene rings is 1. The topological polar surface area (TPSA) is 108 Å². The van der Waals surface area contributed by atoms with Crippen molar-refractivity contribution in [1.29, 1.82) is 0 Å². The van der Waals surface area contributed by atoms with Crippen molar-refractivity contribution in [2.75, 3.05) is 13.2 Å². The number of alkyl carbamates (subject to hydrolysis) is 1. The molecule has 7 nitrogen and oxygen atoms in total. The maximum Gasteiger partial charge on any atom is 0.407 e. The zero-order valence-electron chi connectivity index (χ0n) is 14.9. The number of amides is 1. The molecular weight excluding hydrogens is 326 g/mol. The van der Waals surface area contributed by atoms with Crippen molar-refractivity contribution in [3.63, 3.8) is 0 Å². The summed E-state index contributed by atoms with van der Waals surface area (Å²) in [6, 6.07) is 9.69. The molecule has 4 N–H and O–H groups in total. The minimum Gasteiger partial charge on any atom is -0.445 e. The Labute approximate surface area is 148 Å². The highest BCUT2D eigenvalue weighted by Gasteiger charge is 2.26. The Morgan fingerprint density at radius 1 is 1.24 bits per heavy atom. The Kier molecular flexibility index (Phi) is 9.44. The number of aliphatic hydroxyl groups is 3. The number of hydrogen-bond acceptors (Lipinski definition) is 6. The van der Waals surface area contributed by atoms with Crippen LogP contribution in [0.1, 0.15) is 38.7 Å². The molecule has 1 aromatic rings. The highest BCUT2D eigenvalue weighted by atomic mass is 16.5. The Bertz CT molecular complexity index is 482. The van der Waals surface area contributed by atoms with E-state index in [1.165, 1.54) is 13.8 Å². The normalized spacial score (nSPS) is 19.7. The quantitative estimate of drug-likeness (QED) is 0.577. The van der Waals surface area contributed by atoms with Crippen molar-refractivity contribution in [2.24, 2.45) is 0 Å². The van der Waals surface area contributed by atoms with Gasteiger partial charge in [0.25, 0.3) is 0 Å². The molecule has 0 saturated heterocycles. The molecule has 0 heterocycles. The van der Waals surface area contributed by atoms with Crippen molar-refractivity contribution in [3.8, 4) is 0 Å². The number of nitrogens with one attached hydrogen (secondary N) is 1. The van der Waals surface area contributed by atoms with Crippen LogP contribution in [0.2, 0.25) is 0 Å². The van der Waals surface area contributed by atoms with E-state index < -0.39 is 5.79 Å². The van der Waals surface area contributed by atoms with Gasteiger partial charge in [-0.05, 0) is 38.7 Å². The molecule has 1 aromatic carbocycles. The van der Waals surface area contributed by atoms with Crippen LogP contribution in [0.4, 0.5) is 4.79 Å². The predicted octanol–water partition coefficient (Wildman–Crippen LogP) is 1.55. The van der Waals surface area contributed by atoms with Gasteiger partial charge in [-0.25, -0.2) is 4.79 Å². The maximum atomic E-state index is 11.7. The van der Waals surface area contributed by atoms with Crippen LogP contribution < -0.4 is 5.32 Å². The van der Waals surface area contributed by atoms with Gasteiger partial charge >= 0.3 is 6.09 Å². The summed E-state index contributed by atoms with van der Waals surface area (Å²) < 4.78 is 10.6. The van der Waals surface area contributed by atoms with Crippen LogP contribution in [0.15, 0.2) is 30.3 Å². The average molecular weight is 355 g/mol. The Hall–Kier alpha value is -1.67. The third-order valence-corrected chi connectivity index (χ3v) is 3.36. The molecule has 0 aliphatic heterocycles. The van der Waals surface area contributed by atoms with Gasteiger partial charge in [-0.3, -0.25) is 0 Å². The Morgan fingerprint density at radius 2 is 1.88 bits per heavy atom. The molecule has 0 spiro atoms. The minimum absolute atomic E-state index is 0.0354. The molecule has 1 aliphatic rings. The maximum absolute atomic E-state index is 11.7. The summed E-state index contributed by atoms with van der Waals surface area (Å²) in [5.74, 6) is -1.50. The van der Waals surface area contributed by atoms with E-state index in [4.69, 9.17) is 24.8 Å². The number of ether oxygens (including phenoxy) is 2. The van der Waals surface area contributed by atoms with Crippen LogP contribution in [0.3, 0.4) is 0 Å². The standard InChI is InChI=1S/C15H21NO4.C3H8O2/c17-8-9-19-14-7-6-13(10-14)16-15(18)20-11-12-4-2-1-3-5-12;1-3(2,4)5/h1-5,13-14,17H,6-11H2,(H,16,18);4-5H,1-2H3. The van der Waals surface area contributed by atoms with Gasteiger partial charge in [0.05, 0.1) is 19.3 Å². The van der Waals surface area contributed by atoms with E-state index >= 15 is 0 Å². The molecule has 2 rings (SSSR count). The van der Waals surface area contributed by atoms with Crippen LogP contribution in [-0.4, -0.2) is 52.6 Å². The van der Waals surface area contributed by atoms with Crippen molar-refractivity contribution in [2.45, 2.75) is 57.6 Å². The molecule has 1 fully saturated rings. The number of carbonyl (C=O) groups excluding carboxylic acids is 1. The molecular formula is C18H29NO6. The second-order valence-corrected chi connectivity index (χ2v) is 6.43. The summed E-state index contributed by atoms with van der Waals surface area (Å²) in [7, 11) is 0. The number of aliphatic hydroxyl groups excluding tert-OH is 1. The largest absolute Gasteiger partial charge is 0.445 e. The first-order valence-electron chi connectivity index (χ1n) is 8.42. The summed E-state index contributed by atoms with van der Waals surface area (Å²) >= 11 is 0. The second-order valence-electron chi connectivity index (χ2n) is 6.43. The third kappa shape index (κ3) is 11.5. The smallest absolute Gasteiger partial charge is 0.407 e. The summed E-state index contributed by atoms with van der Waals surface area (Å²) in [6.07, 6.45) is 2.31. The fraction of sp³-hybridized carbons (Fsp3) is 0.611. The third-order valence-electron chi connectivity index (χ3n) is 3.36. The minimum atomic E-state index is -1.50. The molecule has 25 heavy (non-hydrogen) atoms. The summed E-state index contributed by atoms with van der Waals surface area (Å²) in [5, 5.41) is 27.7. The molecule has 0 bridgehead atoms. The van der Waals surface area contributed by atoms with Crippen LogP contribution in [-0.2, 0) is 16.1 Å². The van der Waals surface area contributed by atoms with Crippen molar-refractivity contribution >= 4 is 6.09 Å².